The Morgan fingerprint density at radius 3 is 1.99 bits per heavy atom. The first-order valence-electron chi connectivity index (χ1n) is 22.3. The van der Waals surface area contributed by atoms with Crippen molar-refractivity contribution < 1.29 is 53.4 Å². The smallest absolute Gasteiger partial charge is 0.326 e. The van der Waals surface area contributed by atoms with Crippen molar-refractivity contribution in [2.75, 3.05) is 13.1 Å². The molecule has 370 valence electrons. The summed E-state index contributed by atoms with van der Waals surface area (Å²) in [4.78, 5) is 134. The van der Waals surface area contributed by atoms with Gasteiger partial charge in [0.15, 0.2) is 0 Å². The Labute approximate surface area is 392 Å². The second kappa shape index (κ2) is 25.5. The molecule has 0 spiro atoms. The highest BCUT2D eigenvalue weighted by atomic mass is 16.4. The summed E-state index contributed by atoms with van der Waals surface area (Å²) in [6, 6.07) is -2.69. The van der Waals surface area contributed by atoms with E-state index in [1.165, 1.54) is 42.1 Å². The van der Waals surface area contributed by atoms with Crippen LogP contribution in [0.5, 0.6) is 5.75 Å². The number of carboxylic acid groups (broad SMARTS) is 1. The van der Waals surface area contributed by atoms with Gasteiger partial charge < -0.3 is 68.4 Å². The van der Waals surface area contributed by atoms with Gasteiger partial charge in [-0.05, 0) is 48.8 Å². The fourth-order valence-corrected chi connectivity index (χ4v) is 7.53. The molecule has 8 amide bonds. The Morgan fingerprint density at radius 2 is 1.41 bits per heavy atom. The van der Waals surface area contributed by atoms with Crippen molar-refractivity contribution >= 4 is 53.2 Å². The molecule has 0 saturated carbocycles. The van der Waals surface area contributed by atoms with Crippen LogP contribution in [-0.4, -0.2) is 144 Å². The summed E-state index contributed by atoms with van der Waals surface area (Å²) in [6.07, 6.45) is 6.06. The first kappa shape index (κ1) is 53.2. The second-order valence-electron chi connectivity index (χ2n) is 17.3. The number of likely N-dealkylation sites (tertiary alicyclic amines) is 1. The van der Waals surface area contributed by atoms with E-state index in [2.05, 4.69) is 51.8 Å². The van der Waals surface area contributed by atoms with Crippen LogP contribution in [0.15, 0.2) is 49.3 Å². The molecule has 3 aromatic rings. The number of aromatic amines is 2. The number of nitrogens with zero attached hydrogens (tertiary/aromatic N) is 3. The van der Waals surface area contributed by atoms with Crippen molar-refractivity contribution in [3.05, 3.63) is 66.3 Å². The van der Waals surface area contributed by atoms with Gasteiger partial charge >= 0.3 is 5.97 Å². The van der Waals surface area contributed by atoms with Crippen LogP contribution in [0.25, 0.3) is 0 Å². The Kier molecular flexibility index (Phi) is 20.0. The summed E-state index contributed by atoms with van der Waals surface area (Å²) in [5.41, 5.74) is 13.1. The van der Waals surface area contributed by atoms with Gasteiger partial charge in [0.2, 0.25) is 47.3 Å². The monoisotopic (exact) mass is 949 g/mol. The summed E-state index contributed by atoms with van der Waals surface area (Å²) < 4.78 is 0. The van der Waals surface area contributed by atoms with Gasteiger partial charge in [-0.3, -0.25) is 38.4 Å². The average Bonchev–Trinajstić information content (AvgIpc) is 4.11. The largest absolute Gasteiger partial charge is 0.508 e. The number of H-pyrrole nitrogens is 2. The van der Waals surface area contributed by atoms with Crippen LogP contribution in [-0.2, 0) is 62.4 Å². The number of hydrogen-bond donors (Lipinski definition) is 12. The third kappa shape index (κ3) is 16.2. The summed E-state index contributed by atoms with van der Waals surface area (Å²) in [6.45, 7) is 6.61. The molecule has 0 bridgehead atoms. The molecule has 1 aromatic carbocycles. The minimum Gasteiger partial charge on any atom is -0.508 e. The van der Waals surface area contributed by atoms with Crippen LogP contribution < -0.4 is 43.4 Å². The highest BCUT2D eigenvalue weighted by Crippen LogP contribution is 2.22. The molecule has 4 rings (SSSR count). The number of phenols is 1. The number of imidazole rings is 2. The number of benzene rings is 1. The molecule has 68 heavy (non-hydrogen) atoms. The lowest BCUT2D eigenvalue weighted by atomic mass is 9.96. The van der Waals surface area contributed by atoms with E-state index in [9.17, 15) is 53.4 Å². The summed E-state index contributed by atoms with van der Waals surface area (Å²) in [5.74, 6) is -8.22. The zero-order valence-electron chi connectivity index (χ0n) is 38.5. The minimum absolute atomic E-state index is 0.0213. The summed E-state index contributed by atoms with van der Waals surface area (Å²) in [5, 5.41) is 34.8. The van der Waals surface area contributed by atoms with Gasteiger partial charge in [-0.1, -0.05) is 46.2 Å². The Balaban J connectivity index is 1.45. The van der Waals surface area contributed by atoms with Crippen molar-refractivity contribution in [1.82, 2.24) is 56.7 Å². The molecule has 0 unspecified atom stereocenters. The zero-order chi connectivity index (χ0) is 50.1. The van der Waals surface area contributed by atoms with Crippen molar-refractivity contribution in [2.45, 2.75) is 121 Å². The molecule has 3 heterocycles. The predicted octanol–water partition coefficient (Wildman–Crippen LogP) is -2.22. The lowest BCUT2D eigenvalue weighted by Crippen LogP contribution is -2.60. The number of carboxylic acids is 1. The van der Waals surface area contributed by atoms with Crippen molar-refractivity contribution in [2.24, 2.45) is 23.3 Å². The first-order chi connectivity index (χ1) is 32.3. The topological polar surface area (TPSA) is 379 Å². The molecular weight excluding hydrogens is 887 g/mol. The van der Waals surface area contributed by atoms with Crippen LogP contribution in [0, 0.1) is 11.8 Å². The summed E-state index contributed by atoms with van der Waals surface area (Å²) in [7, 11) is 0. The van der Waals surface area contributed by atoms with Crippen LogP contribution >= 0.6 is 0 Å². The third-order valence-corrected chi connectivity index (χ3v) is 11.4. The van der Waals surface area contributed by atoms with Crippen molar-refractivity contribution in [1.29, 1.82) is 0 Å². The molecule has 8 atom stereocenters. The van der Waals surface area contributed by atoms with E-state index in [0.29, 0.717) is 29.8 Å². The Hall–Kier alpha value is -7.37. The Bertz CT molecular complexity index is 2200. The normalized spacial score (nSPS) is 16.5. The van der Waals surface area contributed by atoms with E-state index in [4.69, 9.17) is 11.5 Å². The minimum atomic E-state index is -1.60. The number of primary amides is 1. The van der Waals surface area contributed by atoms with Crippen LogP contribution in [0.2, 0.25) is 0 Å². The molecule has 1 saturated heterocycles. The highest BCUT2D eigenvalue weighted by molar-refractivity contribution is 5.98. The second-order valence-corrected chi connectivity index (χ2v) is 17.3. The van der Waals surface area contributed by atoms with E-state index in [0.717, 1.165) is 0 Å². The highest BCUT2D eigenvalue weighted by Gasteiger charge is 2.40. The number of aromatic nitrogens is 4. The fourth-order valence-electron chi connectivity index (χ4n) is 7.53. The molecule has 24 heteroatoms. The molecule has 1 aliphatic heterocycles. The number of aliphatic carboxylic acids is 1. The van der Waals surface area contributed by atoms with Crippen LogP contribution in [0.3, 0.4) is 0 Å². The zero-order valence-corrected chi connectivity index (χ0v) is 38.5. The quantitative estimate of drug-likeness (QED) is 0.0406. The number of carbonyl (C=O) groups is 9. The number of nitrogens with two attached hydrogens (primary N) is 2. The molecule has 0 aliphatic carbocycles. The predicted molar refractivity (Wildman–Crippen MR) is 242 cm³/mol. The molecule has 1 aliphatic rings. The van der Waals surface area contributed by atoms with Gasteiger partial charge in [0.25, 0.3) is 0 Å². The van der Waals surface area contributed by atoms with E-state index >= 15 is 0 Å². The molecule has 2 aromatic heterocycles. The van der Waals surface area contributed by atoms with Gasteiger partial charge in [-0.15, -0.1) is 0 Å². The number of nitrogens with one attached hydrogen (secondary N) is 8. The maximum atomic E-state index is 14.5. The number of phenolic OH excluding ortho intramolecular Hbond substituents is 1. The van der Waals surface area contributed by atoms with E-state index in [1.54, 1.807) is 32.9 Å². The van der Waals surface area contributed by atoms with Crippen molar-refractivity contribution in [3.8, 4) is 5.75 Å². The average molecular weight is 950 g/mol. The lowest BCUT2D eigenvalue weighted by molar-refractivity contribution is -0.143. The first-order valence-corrected chi connectivity index (χ1v) is 22.3. The van der Waals surface area contributed by atoms with Crippen LogP contribution in [0.4, 0.5) is 0 Å². The van der Waals surface area contributed by atoms with Gasteiger partial charge in [-0.25, -0.2) is 14.8 Å². The third-order valence-electron chi connectivity index (χ3n) is 11.4. The number of carbonyl (C=O) groups excluding carboxylic acids is 8. The number of rotatable bonds is 26. The van der Waals surface area contributed by atoms with Gasteiger partial charge in [-0.2, -0.15) is 0 Å². The van der Waals surface area contributed by atoms with E-state index in [1.807, 2.05) is 6.92 Å². The maximum absolute atomic E-state index is 14.5. The molecular formula is C44H63N13O11. The Morgan fingerprint density at radius 1 is 0.779 bits per heavy atom. The van der Waals surface area contributed by atoms with E-state index in [-0.39, 0.29) is 50.3 Å². The number of aromatic hydroxyl groups is 1. The van der Waals surface area contributed by atoms with Gasteiger partial charge in [0, 0.05) is 49.6 Å². The summed E-state index contributed by atoms with van der Waals surface area (Å²) >= 11 is 0. The molecule has 1 fully saturated rings. The molecule has 14 N–H and O–H groups in total. The van der Waals surface area contributed by atoms with Crippen molar-refractivity contribution in [3.63, 3.8) is 0 Å². The lowest BCUT2D eigenvalue weighted by Gasteiger charge is -2.32. The molecule has 24 nitrogen and oxygen atoms in total. The van der Waals surface area contributed by atoms with E-state index < -0.39 is 114 Å². The van der Waals surface area contributed by atoms with Gasteiger partial charge in [0.05, 0.1) is 31.7 Å². The number of hydrogen-bond acceptors (Lipinski definition) is 13. The maximum Gasteiger partial charge on any atom is 0.326 e. The fraction of sp³-hybridized carbons (Fsp3) is 0.523. The SMILES string of the molecule is CC[C@H](C)[C@H](NC(=O)[C@@H](N)Cc1cnc[nH]1)C(=O)N[C@@H](Cc1ccc(O)cc1)C(=O)N1CCC[C@H]1C(=O)N[C@@H](CC(C)C)C(=O)NCC(=O)N[C@@H](CC(N)=O)C(=O)N[C@@H](Cc1cnc[nH]1)C(=O)O. The van der Waals surface area contributed by atoms with Gasteiger partial charge in [0.1, 0.15) is 42.0 Å². The number of amides is 8. The van der Waals surface area contributed by atoms with Crippen LogP contribution in [0.1, 0.15) is 76.8 Å². The molecule has 0 radical (unpaired) electrons. The standard InChI is InChI=1S/C44H63N13O11/c1-5-24(4)37(56-38(61)29(45)15-26-18-47-21-50-26)42(65)54-32(14-25-8-10-28(58)11-9-25)43(66)57-12-6-7-34(57)41(64)53-30(13-23(2)3)39(62)49-20-36(60)52-31(17-35(46)59)40(63)55-33(44(67)68)16-27-19-48-22-51-27/h8-11,18-19,21-24,29-34,37,58H,5-7,12-17,20,45H2,1-4H3,(H2,46,59)(H,47,50)(H,48,51)(H,49,62)(H,52,60)(H,53,64)(H,54,65)(H,55,63)(H,56,61)(H,67,68)/t24-,29-,30-,31-,32-,33-,34-,37-/m0/s1.